The zero-order chi connectivity index (χ0) is 15.6. The predicted octanol–water partition coefficient (Wildman–Crippen LogP) is 2.53. The summed E-state index contributed by atoms with van der Waals surface area (Å²) < 4.78 is 0. The second-order valence-electron chi connectivity index (χ2n) is 5.60. The van der Waals surface area contributed by atoms with Gasteiger partial charge in [-0.15, -0.1) is 0 Å². The highest BCUT2D eigenvalue weighted by atomic mass is 16.1. The number of fused-ring (bicyclic) bond motifs is 2. The van der Waals surface area contributed by atoms with Crippen molar-refractivity contribution < 1.29 is 4.79 Å². The number of hydrogen-bond acceptors (Lipinski definition) is 4. The number of benzene rings is 1. The number of nitrogens with one attached hydrogen (secondary N) is 2. The molecule has 0 fully saturated rings. The second-order valence-corrected chi connectivity index (χ2v) is 5.60. The van der Waals surface area contributed by atoms with Crippen molar-refractivity contribution in [3.05, 3.63) is 65.4 Å². The monoisotopic (exact) mass is 304 g/mol. The Labute approximate surface area is 133 Å². The summed E-state index contributed by atoms with van der Waals surface area (Å²) in [5.41, 5.74) is 4.74. The number of hydrogen-bond donors (Lipinski definition) is 2. The van der Waals surface area contributed by atoms with Gasteiger partial charge < -0.3 is 10.6 Å². The Balaban J connectivity index is 1.59. The first-order valence-corrected chi connectivity index (χ1v) is 7.65. The highest BCUT2D eigenvalue weighted by Gasteiger charge is 2.13. The van der Waals surface area contributed by atoms with Gasteiger partial charge in [0.1, 0.15) is 5.82 Å². The minimum absolute atomic E-state index is 0.144. The van der Waals surface area contributed by atoms with E-state index in [1.807, 2.05) is 36.4 Å². The van der Waals surface area contributed by atoms with Crippen LogP contribution < -0.4 is 10.6 Å². The van der Waals surface area contributed by atoms with Crippen molar-refractivity contribution in [3.63, 3.8) is 0 Å². The molecule has 0 saturated heterocycles. The minimum atomic E-state index is -0.144. The Morgan fingerprint density at radius 1 is 1.09 bits per heavy atom. The third-order valence-corrected chi connectivity index (χ3v) is 4.05. The summed E-state index contributed by atoms with van der Waals surface area (Å²) in [4.78, 5) is 21.1. The molecular formula is C18H16N4O. The number of anilines is 1. The van der Waals surface area contributed by atoms with Gasteiger partial charge in [0.15, 0.2) is 0 Å². The average molecular weight is 304 g/mol. The Hall–Kier alpha value is -2.79. The molecule has 0 radical (unpaired) electrons. The number of aromatic nitrogens is 2. The van der Waals surface area contributed by atoms with Gasteiger partial charge in [-0.05, 0) is 60.5 Å². The van der Waals surface area contributed by atoms with Crippen molar-refractivity contribution in [2.45, 2.75) is 13.0 Å². The normalized spacial score (nSPS) is 13.6. The molecule has 5 nitrogen and oxygen atoms in total. The van der Waals surface area contributed by atoms with Gasteiger partial charge in [0.25, 0.3) is 5.91 Å². The van der Waals surface area contributed by atoms with Crippen LogP contribution in [-0.2, 0) is 13.0 Å². The molecule has 0 atom stereocenters. The lowest BCUT2D eigenvalue weighted by atomic mass is 9.98. The largest absolute Gasteiger partial charge is 0.312 e. The third-order valence-electron chi connectivity index (χ3n) is 4.05. The van der Waals surface area contributed by atoms with Crippen molar-refractivity contribution in [3.8, 4) is 0 Å². The van der Waals surface area contributed by atoms with Crippen LogP contribution in [0.15, 0.2) is 48.7 Å². The maximum Gasteiger partial charge on any atom is 0.256 e. The second kappa shape index (κ2) is 5.78. The lowest BCUT2D eigenvalue weighted by Crippen LogP contribution is -2.24. The molecule has 1 aliphatic heterocycles. The Morgan fingerprint density at radius 2 is 2.04 bits per heavy atom. The smallest absolute Gasteiger partial charge is 0.256 e. The molecule has 23 heavy (non-hydrogen) atoms. The highest BCUT2D eigenvalue weighted by molar-refractivity contribution is 6.04. The fourth-order valence-electron chi connectivity index (χ4n) is 2.84. The molecule has 1 aromatic carbocycles. The SMILES string of the molecule is O=C(Nc1ccc2ncccc2n1)c1ccc2c(c1)CNCC2. The van der Waals surface area contributed by atoms with E-state index < -0.39 is 0 Å². The van der Waals surface area contributed by atoms with Crippen molar-refractivity contribution >= 4 is 22.8 Å². The fraction of sp³-hybridized carbons (Fsp3) is 0.167. The van der Waals surface area contributed by atoms with E-state index in [2.05, 4.69) is 20.6 Å². The van der Waals surface area contributed by atoms with Gasteiger partial charge in [0.05, 0.1) is 11.0 Å². The molecule has 114 valence electrons. The van der Waals surface area contributed by atoms with E-state index in [1.165, 1.54) is 11.1 Å². The Kier molecular flexibility index (Phi) is 3.48. The topological polar surface area (TPSA) is 66.9 Å². The maximum absolute atomic E-state index is 12.4. The van der Waals surface area contributed by atoms with Crippen LogP contribution in [0.3, 0.4) is 0 Å². The van der Waals surface area contributed by atoms with E-state index in [-0.39, 0.29) is 5.91 Å². The summed E-state index contributed by atoms with van der Waals surface area (Å²) in [6, 6.07) is 13.2. The van der Waals surface area contributed by atoms with E-state index in [1.54, 1.807) is 12.3 Å². The number of amides is 1. The molecule has 2 aromatic heterocycles. The van der Waals surface area contributed by atoms with Crippen molar-refractivity contribution in [1.82, 2.24) is 15.3 Å². The molecule has 0 saturated carbocycles. The molecule has 2 N–H and O–H groups in total. The summed E-state index contributed by atoms with van der Waals surface area (Å²) in [5, 5.41) is 6.18. The number of pyridine rings is 2. The van der Waals surface area contributed by atoms with Crippen LogP contribution in [0.4, 0.5) is 5.82 Å². The molecule has 3 heterocycles. The lowest BCUT2D eigenvalue weighted by Gasteiger charge is -2.17. The van der Waals surface area contributed by atoms with Gasteiger partial charge in [0, 0.05) is 18.3 Å². The van der Waals surface area contributed by atoms with Crippen molar-refractivity contribution in [2.75, 3.05) is 11.9 Å². The maximum atomic E-state index is 12.4. The van der Waals surface area contributed by atoms with Crippen molar-refractivity contribution in [2.24, 2.45) is 0 Å². The summed E-state index contributed by atoms with van der Waals surface area (Å²) >= 11 is 0. The van der Waals surface area contributed by atoms with Crippen LogP contribution in [0, 0.1) is 0 Å². The summed E-state index contributed by atoms with van der Waals surface area (Å²) in [6.45, 7) is 1.81. The number of carbonyl (C=O) groups is 1. The van der Waals surface area contributed by atoms with Gasteiger partial charge >= 0.3 is 0 Å². The van der Waals surface area contributed by atoms with Gasteiger partial charge in [-0.2, -0.15) is 0 Å². The Morgan fingerprint density at radius 3 is 3.00 bits per heavy atom. The van der Waals surface area contributed by atoms with Crippen LogP contribution in [0.25, 0.3) is 11.0 Å². The van der Waals surface area contributed by atoms with E-state index in [9.17, 15) is 4.79 Å². The lowest BCUT2D eigenvalue weighted by molar-refractivity contribution is 0.102. The minimum Gasteiger partial charge on any atom is -0.312 e. The first-order chi connectivity index (χ1) is 11.3. The molecule has 0 aliphatic carbocycles. The third kappa shape index (κ3) is 2.78. The first-order valence-electron chi connectivity index (χ1n) is 7.65. The molecule has 0 spiro atoms. The summed E-state index contributed by atoms with van der Waals surface area (Å²) in [7, 11) is 0. The highest BCUT2D eigenvalue weighted by Crippen LogP contribution is 2.17. The Bertz CT molecular complexity index is 891. The van der Waals surface area contributed by atoms with Crippen molar-refractivity contribution in [1.29, 1.82) is 0 Å². The average Bonchev–Trinajstić information content (AvgIpc) is 2.61. The molecule has 4 rings (SSSR count). The van der Waals surface area contributed by atoms with Gasteiger partial charge in [-0.25, -0.2) is 4.98 Å². The van der Waals surface area contributed by atoms with Crippen LogP contribution in [-0.4, -0.2) is 22.4 Å². The van der Waals surface area contributed by atoms with E-state index >= 15 is 0 Å². The predicted molar refractivity (Wildman–Crippen MR) is 89.3 cm³/mol. The van der Waals surface area contributed by atoms with Gasteiger partial charge in [-0.1, -0.05) is 6.07 Å². The molecular weight excluding hydrogens is 288 g/mol. The molecule has 0 unspecified atom stereocenters. The number of carbonyl (C=O) groups excluding carboxylic acids is 1. The molecule has 0 bridgehead atoms. The molecule has 3 aromatic rings. The number of nitrogens with zero attached hydrogens (tertiary/aromatic N) is 2. The van der Waals surface area contributed by atoms with Crippen LogP contribution in [0.2, 0.25) is 0 Å². The zero-order valence-corrected chi connectivity index (χ0v) is 12.5. The quantitative estimate of drug-likeness (QED) is 0.763. The molecule has 5 heteroatoms. The van der Waals surface area contributed by atoms with E-state index in [4.69, 9.17) is 0 Å². The number of rotatable bonds is 2. The van der Waals surface area contributed by atoms with Gasteiger partial charge in [-0.3, -0.25) is 9.78 Å². The van der Waals surface area contributed by atoms with E-state index in [0.717, 1.165) is 30.5 Å². The summed E-state index contributed by atoms with van der Waals surface area (Å²) in [6.07, 6.45) is 2.74. The first kappa shape index (κ1) is 13.8. The van der Waals surface area contributed by atoms with E-state index in [0.29, 0.717) is 11.4 Å². The summed E-state index contributed by atoms with van der Waals surface area (Å²) in [5.74, 6) is 0.389. The zero-order valence-electron chi connectivity index (χ0n) is 12.5. The van der Waals surface area contributed by atoms with Gasteiger partial charge in [0.2, 0.25) is 0 Å². The van der Waals surface area contributed by atoms with Crippen LogP contribution in [0.5, 0.6) is 0 Å². The molecule has 1 amide bonds. The van der Waals surface area contributed by atoms with Crippen LogP contribution in [0.1, 0.15) is 21.5 Å². The molecule has 1 aliphatic rings. The fourth-order valence-corrected chi connectivity index (χ4v) is 2.84. The van der Waals surface area contributed by atoms with Crippen LogP contribution >= 0.6 is 0 Å². The standard InChI is InChI=1S/C18H16N4O/c23-18(13-4-3-12-7-9-19-11-14(12)10-13)22-17-6-5-15-16(21-17)2-1-8-20-15/h1-6,8,10,19H,7,9,11H2,(H,21,22,23).